The van der Waals surface area contributed by atoms with Gasteiger partial charge in [-0.25, -0.2) is 0 Å². The van der Waals surface area contributed by atoms with Gasteiger partial charge in [0.15, 0.2) is 0 Å². The van der Waals surface area contributed by atoms with Crippen molar-refractivity contribution in [3.63, 3.8) is 0 Å². The normalized spacial score (nSPS) is 19.3. The Labute approximate surface area is 124 Å². The van der Waals surface area contributed by atoms with Crippen LogP contribution >= 0.6 is 0 Å². The van der Waals surface area contributed by atoms with Crippen molar-refractivity contribution in [2.45, 2.75) is 53.1 Å². The molecule has 1 fully saturated rings. The molecule has 1 N–H and O–H groups in total. The highest BCUT2D eigenvalue weighted by atomic mass is 15.2. The zero-order chi connectivity index (χ0) is 14.5. The van der Waals surface area contributed by atoms with E-state index in [0.29, 0.717) is 5.92 Å². The Bertz CT molecular complexity index is 394. The van der Waals surface area contributed by atoms with Crippen molar-refractivity contribution in [1.82, 2.24) is 5.32 Å². The maximum atomic E-state index is 3.50. The zero-order valence-corrected chi connectivity index (χ0v) is 13.5. The lowest BCUT2D eigenvalue weighted by Gasteiger charge is -2.29. The predicted molar refractivity (Wildman–Crippen MR) is 88.2 cm³/mol. The molecule has 0 spiro atoms. The molecule has 1 atom stereocenters. The molecule has 2 rings (SSSR count). The second-order valence-corrected chi connectivity index (χ2v) is 6.84. The molecule has 1 saturated heterocycles. The Kier molecular flexibility index (Phi) is 5.47. The molecule has 0 aromatic heterocycles. The minimum absolute atomic E-state index is 0.714. The van der Waals surface area contributed by atoms with Gasteiger partial charge in [0.2, 0.25) is 0 Å². The van der Waals surface area contributed by atoms with Crippen molar-refractivity contribution in [1.29, 1.82) is 0 Å². The van der Waals surface area contributed by atoms with Crippen LogP contribution in [0, 0.1) is 11.8 Å². The van der Waals surface area contributed by atoms with Gasteiger partial charge >= 0.3 is 0 Å². The minimum Gasteiger partial charge on any atom is -0.368 e. The fourth-order valence-corrected chi connectivity index (χ4v) is 3.12. The van der Waals surface area contributed by atoms with Gasteiger partial charge in [-0.2, -0.15) is 0 Å². The van der Waals surface area contributed by atoms with E-state index in [2.05, 4.69) is 62.2 Å². The Morgan fingerprint density at radius 3 is 2.45 bits per heavy atom. The van der Waals surface area contributed by atoms with Gasteiger partial charge in [0.1, 0.15) is 0 Å². The molecule has 0 aliphatic carbocycles. The summed E-state index contributed by atoms with van der Waals surface area (Å²) in [6.45, 7) is 12.5. The lowest BCUT2D eigenvalue weighted by Crippen LogP contribution is -2.33. The van der Waals surface area contributed by atoms with Crippen LogP contribution in [-0.2, 0) is 6.54 Å². The van der Waals surface area contributed by atoms with Crippen molar-refractivity contribution in [2.75, 3.05) is 18.0 Å². The topological polar surface area (TPSA) is 15.3 Å². The Morgan fingerprint density at radius 1 is 1.15 bits per heavy atom. The maximum absolute atomic E-state index is 3.50. The molecule has 1 aliphatic heterocycles. The summed E-state index contributed by atoms with van der Waals surface area (Å²) in [6, 6.07) is 9.87. The van der Waals surface area contributed by atoms with E-state index in [4.69, 9.17) is 0 Å². The van der Waals surface area contributed by atoms with Gasteiger partial charge < -0.3 is 10.2 Å². The zero-order valence-electron chi connectivity index (χ0n) is 13.5. The van der Waals surface area contributed by atoms with E-state index in [0.717, 1.165) is 25.0 Å². The molecule has 20 heavy (non-hydrogen) atoms. The average molecular weight is 274 g/mol. The Morgan fingerprint density at radius 2 is 1.85 bits per heavy atom. The number of nitrogens with one attached hydrogen (secondary N) is 1. The second kappa shape index (κ2) is 7.12. The molecule has 1 heterocycles. The van der Waals surface area contributed by atoms with Crippen molar-refractivity contribution in [3.05, 3.63) is 29.8 Å². The van der Waals surface area contributed by atoms with Crippen LogP contribution in [0.5, 0.6) is 0 Å². The number of hydrogen-bond acceptors (Lipinski definition) is 2. The van der Waals surface area contributed by atoms with Gasteiger partial charge in [-0.3, -0.25) is 0 Å². The van der Waals surface area contributed by atoms with Gasteiger partial charge in [0.05, 0.1) is 0 Å². The fraction of sp³-hybridized carbons (Fsp3) is 0.667. The molecule has 1 aromatic carbocycles. The monoisotopic (exact) mass is 274 g/mol. The number of benzene rings is 1. The number of nitrogens with zero attached hydrogens (tertiary/aromatic N) is 1. The first-order valence-electron chi connectivity index (χ1n) is 8.14. The van der Waals surface area contributed by atoms with E-state index in [1.54, 1.807) is 0 Å². The van der Waals surface area contributed by atoms with Gasteiger partial charge in [-0.15, -0.1) is 0 Å². The number of hydrogen-bond donors (Lipinski definition) is 1. The van der Waals surface area contributed by atoms with E-state index in [1.165, 1.54) is 30.6 Å². The standard InChI is InChI=1S/C18H30N2/c1-14(2)12-19-13-16-7-9-17(10-8-16)20-11-5-6-18(20)15(3)4/h7-10,14-15,18-19H,5-6,11-13H2,1-4H3. The van der Waals surface area contributed by atoms with Crippen LogP contribution in [0.2, 0.25) is 0 Å². The van der Waals surface area contributed by atoms with E-state index in [1.807, 2.05) is 0 Å². The van der Waals surface area contributed by atoms with Gasteiger partial charge in [-0.1, -0.05) is 39.8 Å². The molecule has 1 aromatic rings. The second-order valence-electron chi connectivity index (χ2n) is 6.84. The summed E-state index contributed by atoms with van der Waals surface area (Å²) in [6.07, 6.45) is 2.68. The van der Waals surface area contributed by atoms with E-state index in [9.17, 15) is 0 Å². The summed E-state index contributed by atoms with van der Waals surface area (Å²) >= 11 is 0. The highest BCUT2D eigenvalue weighted by Gasteiger charge is 2.26. The van der Waals surface area contributed by atoms with Crippen molar-refractivity contribution < 1.29 is 0 Å². The molecular formula is C18H30N2. The summed E-state index contributed by atoms with van der Waals surface area (Å²) in [5.74, 6) is 1.45. The Hall–Kier alpha value is -1.02. The number of rotatable bonds is 6. The van der Waals surface area contributed by atoms with E-state index >= 15 is 0 Å². The summed E-state index contributed by atoms with van der Waals surface area (Å²) in [5, 5.41) is 3.50. The molecule has 0 radical (unpaired) electrons. The molecule has 2 heteroatoms. The highest BCUT2D eigenvalue weighted by Crippen LogP contribution is 2.29. The molecule has 2 nitrogen and oxygen atoms in total. The molecular weight excluding hydrogens is 244 g/mol. The van der Waals surface area contributed by atoms with Crippen LogP contribution in [0.1, 0.15) is 46.1 Å². The first-order valence-corrected chi connectivity index (χ1v) is 8.14. The predicted octanol–water partition coefficient (Wildman–Crippen LogP) is 4.06. The first kappa shape index (κ1) is 15.4. The number of anilines is 1. The third kappa shape index (κ3) is 3.99. The highest BCUT2D eigenvalue weighted by molar-refractivity contribution is 5.49. The molecule has 1 aliphatic rings. The smallest absolute Gasteiger partial charge is 0.0368 e. The van der Waals surface area contributed by atoms with Crippen LogP contribution in [0.4, 0.5) is 5.69 Å². The van der Waals surface area contributed by atoms with E-state index in [-0.39, 0.29) is 0 Å². The minimum atomic E-state index is 0.714. The third-order valence-electron chi connectivity index (χ3n) is 4.22. The average Bonchev–Trinajstić information content (AvgIpc) is 2.88. The van der Waals surface area contributed by atoms with Crippen molar-refractivity contribution >= 4 is 5.69 Å². The van der Waals surface area contributed by atoms with Gasteiger partial charge in [0.25, 0.3) is 0 Å². The molecule has 0 bridgehead atoms. The maximum Gasteiger partial charge on any atom is 0.0368 e. The molecule has 1 unspecified atom stereocenters. The molecule has 112 valence electrons. The Balaban J connectivity index is 1.94. The SMILES string of the molecule is CC(C)CNCc1ccc(N2CCCC2C(C)C)cc1. The summed E-state index contributed by atoms with van der Waals surface area (Å²) in [4.78, 5) is 2.59. The quantitative estimate of drug-likeness (QED) is 0.841. The van der Waals surface area contributed by atoms with Gasteiger partial charge in [0, 0.05) is 24.8 Å². The summed E-state index contributed by atoms with van der Waals surface area (Å²) in [7, 11) is 0. The fourth-order valence-electron chi connectivity index (χ4n) is 3.12. The van der Waals surface area contributed by atoms with Crippen LogP contribution in [0.25, 0.3) is 0 Å². The van der Waals surface area contributed by atoms with Crippen LogP contribution in [0.15, 0.2) is 24.3 Å². The lowest BCUT2D eigenvalue weighted by molar-refractivity contribution is 0.492. The van der Waals surface area contributed by atoms with Crippen molar-refractivity contribution in [3.8, 4) is 0 Å². The van der Waals surface area contributed by atoms with Crippen LogP contribution < -0.4 is 10.2 Å². The summed E-state index contributed by atoms with van der Waals surface area (Å²) in [5.41, 5.74) is 2.78. The van der Waals surface area contributed by atoms with E-state index < -0.39 is 0 Å². The van der Waals surface area contributed by atoms with Crippen LogP contribution in [0.3, 0.4) is 0 Å². The largest absolute Gasteiger partial charge is 0.368 e. The third-order valence-corrected chi connectivity index (χ3v) is 4.22. The lowest BCUT2D eigenvalue weighted by atomic mass is 10.0. The van der Waals surface area contributed by atoms with Gasteiger partial charge in [-0.05, 0) is 48.9 Å². The molecule has 0 amide bonds. The molecule has 0 saturated carbocycles. The van der Waals surface area contributed by atoms with Crippen molar-refractivity contribution in [2.24, 2.45) is 11.8 Å². The first-order chi connectivity index (χ1) is 9.58. The van der Waals surface area contributed by atoms with Crippen LogP contribution in [-0.4, -0.2) is 19.1 Å². The summed E-state index contributed by atoms with van der Waals surface area (Å²) < 4.78 is 0.